The third-order valence-corrected chi connectivity index (χ3v) is 0. The third-order valence-electron chi connectivity index (χ3n) is 0. The molecule has 0 saturated heterocycles. The Morgan fingerprint density at radius 3 is 1.17 bits per heavy atom. The normalized spacial score (nSPS) is 1.83. The molecule has 0 rings (SSSR count). The van der Waals surface area contributed by atoms with Crippen LogP contribution in [0.15, 0.2) is 0 Å². The van der Waals surface area contributed by atoms with Gasteiger partial charge in [0.25, 0.3) is 0 Å². The van der Waals surface area contributed by atoms with Crippen molar-refractivity contribution < 1.29 is 12.0 Å². The Bertz CT molecular complexity index is 15.5. The molecule has 0 aliphatic heterocycles. The van der Waals surface area contributed by atoms with Gasteiger partial charge in [-0.1, -0.05) is 0 Å². The topological polar surface area (TPSA) is 51.2 Å². The molecule has 0 fully saturated rings. The van der Waals surface area contributed by atoms with Gasteiger partial charge in [-0.25, -0.2) is 0 Å². The maximum atomic E-state index is 8.36. The summed E-state index contributed by atoms with van der Waals surface area (Å²) in [5.41, 5.74) is 0. The van der Waals surface area contributed by atoms with Gasteiger partial charge < -0.3 is 4.46 Å². The van der Waals surface area contributed by atoms with E-state index in [1.807, 2.05) is 0 Å². The van der Waals surface area contributed by atoms with Crippen LogP contribution in [-0.2, 0) is 12.0 Å². The Morgan fingerprint density at radius 2 is 1.17 bits per heavy atom. The van der Waals surface area contributed by atoms with Crippen LogP contribution in [0.3, 0.4) is 0 Å². The molecule has 30 valence electrons. The van der Waals surface area contributed by atoms with Gasteiger partial charge in [-0.3, -0.25) is 0 Å². The third kappa shape index (κ3) is 182. The second kappa shape index (κ2) is 363. The fourth-order valence-electron chi connectivity index (χ4n) is 0. The van der Waals surface area contributed by atoms with E-state index in [9.17, 15) is 0 Å². The molecule has 0 heterocycles. The Morgan fingerprint density at radius 1 is 1.17 bits per heavy atom. The second-order valence-corrected chi connectivity index (χ2v) is 0. The van der Waals surface area contributed by atoms with Gasteiger partial charge in [0.1, 0.15) is 0 Å². The minimum absolute atomic E-state index is 0.194. The predicted octanol–water partition coefficient (Wildman–Crippen LogP) is -1.50. The summed E-state index contributed by atoms with van der Waals surface area (Å²) < 4.78 is 24.2. The molecule has 0 atom stereocenters. The van der Waals surface area contributed by atoms with E-state index in [0.717, 1.165) is 0 Å². The first kappa shape index (κ1) is 16.0. The fraction of sp³-hybridized carbons (Fsp3) is 0. The molecule has 0 aliphatic carbocycles. The van der Waals surface area contributed by atoms with Crippen molar-refractivity contribution in [3.8, 4) is 0 Å². The van der Waals surface area contributed by atoms with E-state index >= 15 is 0 Å². The average Bonchev–Trinajstić information content (AvgIpc) is 1.81. The van der Waals surface area contributed by atoms with Crippen molar-refractivity contribution in [2.45, 2.75) is 0 Å². The Kier molecular flexibility index (Phi) is 969. The van der Waals surface area contributed by atoms with Crippen LogP contribution >= 0.6 is 0 Å². The molecule has 0 N–H and O–H groups in total. The van der Waals surface area contributed by atoms with Gasteiger partial charge in [-0.2, -0.15) is 0 Å². The molecule has 3 nitrogen and oxygen atoms in total. The van der Waals surface area contributed by atoms with Crippen molar-refractivity contribution in [2.75, 3.05) is 0 Å². The molecular formula is BBiO3Si. The molecule has 6 heteroatoms. The number of hydrogen-bond donors (Lipinski definition) is 0. The van der Waals surface area contributed by atoms with Crippen molar-refractivity contribution in [2.24, 2.45) is 0 Å². The van der Waals surface area contributed by atoms with Gasteiger partial charge in [-0.15, -0.1) is 0 Å². The quantitative estimate of drug-likeness (QED) is 0.511. The first-order chi connectivity index (χ1) is 3.00. The zero-order valence-corrected chi connectivity index (χ0v) is 7.23. The molecule has 0 aromatic heterocycles. The van der Waals surface area contributed by atoms with Crippen LogP contribution in [0.25, 0.3) is 0 Å². The summed E-state index contributed by atoms with van der Waals surface area (Å²) in [5, 5.41) is 0. The molecule has 4 radical (unpaired) electrons. The van der Waals surface area contributed by atoms with Gasteiger partial charge >= 0.3 is 50.1 Å². The van der Waals surface area contributed by atoms with Crippen LogP contribution in [-0.4, -0.2) is 42.6 Å². The summed E-state index contributed by atoms with van der Waals surface area (Å²) >= 11 is 0.194. The van der Waals surface area contributed by atoms with Gasteiger partial charge in [-0.05, 0) is 0 Å². The van der Waals surface area contributed by atoms with Crippen LogP contribution in [0.1, 0.15) is 0 Å². The molecule has 0 spiro atoms. The number of rotatable bonds is 0. The maximum absolute atomic E-state index is 8.36. The van der Waals surface area contributed by atoms with E-state index in [-0.39, 0.29) is 24.7 Å². The van der Waals surface area contributed by atoms with Crippen molar-refractivity contribution >= 4 is 42.6 Å². The van der Waals surface area contributed by atoms with E-state index in [2.05, 4.69) is 7.72 Å². The molecule has 6 heavy (non-hydrogen) atoms. The van der Waals surface area contributed by atoms with Crippen LogP contribution in [0, 0.1) is 0 Å². The fourth-order valence-corrected chi connectivity index (χ4v) is 0. The van der Waals surface area contributed by atoms with Gasteiger partial charge in [0.2, 0.25) is 0 Å². The van der Waals surface area contributed by atoms with Crippen molar-refractivity contribution in [3.63, 3.8) is 0 Å². The number of hydrogen-bond acceptors (Lipinski definition) is 3. The zero-order chi connectivity index (χ0) is 6.00. The summed E-state index contributed by atoms with van der Waals surface area (Å²) in [5.74, 6) is 0. The van der Waals surface area contributed by atoms with Crippen molar-refractivity contribution in [1.29, 1.82) is 0 Å². The molecule has 0 bridgehead atoms. The minimum atomic E-state index is 0.194. The van der Waals surface area contributed by atoms with E-state index in [1.54, 1.807) is 10.1 Å². The van der Waals surface area contributed by atoms with Crippen LogP contribution in [0.2, 0.25) is 0 Å². The van der Waals surface area contributed by atoms with Crippen LogP contribution < -0.4 is 0 Å². The summed E-state index contributed by atoms with van der Waals surface area (Å²) in [6.45, 7) is 0. The summed E-state index contributed by atoms with van der Waals surface area (Å²) in [6, 6.07) is 0. The Hall–Kier alpha value is 0.565. The second-order valence-electron chi connectivity index (χ2n) is 0. The molecule has 0 amide bonds. The molecule has 0 aromatic rings. The van der Waals surface area contributed by atoms with Crippen LogP contribution in [0.5, 0.6) is 0 Å². The first-order valence-corrected chi connectivity index (χ1v) is 2.45. The molecule has 0 aliphatic rings. The average molecular weight is 296 g/mol. The predicted molar refractivity (Wildman–Crippen MR) is 19.3 cm³/mol. The van der Waals surface area contributed by atoms with Gasteiger partial charge in [0.05, 0.1) is 0 Å². The summed E-state index contributed by atoms with van der Waals surface area (Å²) in [7, 11) is 4.97. The molecule has 0 unspecified atom stereocenters. The van der Waals surface area contributed by atoms with E-state index in [0.29, 0.717) is 0 Å². The molecule has 0 saturated carbocycles. The van der Waals surface area contributed by atoms with E-state index in [4.69, 9.17) is 12.0 Å². The molecule has 0 aromatic carbocycles. The summed E-state index contributed by atoms with van der Waals surface area (Å²) in [4.78, 5) is 0. The van der Waals surface area contributed by atoms with Crippen LogP contribution in [0.4, 0.5) is 0 Å². The van der Waals surface area contributed by atoms with E-state index in [1.165, 1.54) is 0 Å². The summed E-state index contributed by atoms with van der Waals surface area (Å²) in [6.07, 6.45) is 0. The van der Waals surface area contributed by atoms with Gasteiger partial charge in [0.15, 0.2) is 0 Å². The van der Waals surface area contributed by atoms with Crippen molar-refractivity contribution in [3.05, 3.63) is 0 Å². The van der Waals surface area contributed by atoms with E-state index < -0.39 is 0 Å². The molecular weight excluding hydrogens is 296 g/mol. The van der Waals surface area contributed by atoms with Crippen molar-refractivity contribution in [1.82, 2.24) is 0 Å². The Labute approximate surface area is 54.7 Å². The Balaban J connectivity index is -0.0000000225. The standard InChI is InChI=1S/BO.Bi.OSi.O/c1-2;;1-2;. The SMILES string of the molecule is O=[Si].[B]=O.[O]=[Bi]. The monoisotopic (exact) mass is 296 g/mol. The van der Waals surface area contributed by atoms with Gasteiger partial charge in [0, 0.05) is 0 Å². The zero-order valence-electron chi connectivity index (χ0n) is 2.75. The first-order valence-electron chi connectivity index (χ1n) is 0.622.